The molecule has 4 heteroatoms. The number of ether oxygens (including phenoxy) is 1. The maximum Gasteiger partial charge on any atom is 0.414 e. The van der Waals surface area contributed by atoms with E-state index in [2.05, 4.69) is 10.7 Å². The van der Waals surface area contributed by atoms with Gasteiger partial charge in [-0.15, -0.1) is 6.42 Å². The Bertz CT molecular complexity index is 147. The molecule has 0 aliphatic heterocycles. The van der Waals surface area contributed by atoms with Crippen molar-refractivity contribution in [1.82, 2.24) is 5.32 Å². The van der Waals surface area contributed by atoms with E-state index >= 15 is 0 Å². The van der Waals surface area contributed by atoms with Crippen molar-refractivity contribution in [3.05, 3.63) is 0 Å². The van der Waals surface area contributed by atoms with Crippen LogP contribution in [0.4, 0.5) is 4.79 Å². The van der Waals surface area contributed by atoms with Gasteiger partial charge in [-0.2, -0.15) is 0 Å². The van der Waals surface area contributed by atoms with Gasteiger partial charge in [-0.1, -0.05) is 5.92 Å². The van der Waals surface area contributed by atoms with Gasteiger partial charge in [0.15, 0.2) is 6.61 Å². The van der Waals surface area contributed by atoms with Gasteiger partial charge in [-0.05, 0) is 0 Å². The molecule has 48 valence electrons. The normalized spacial score (nSPS) is 7.00. The third-order valence-electron chi connectivity index (χ3n) is 0.463. The largest absolute Gasteiger partial charge is 0.436 e. The molecule has 2 amide bonds. The second-order valence-corrected chi connectivity index (χ2v) is 1.04. The highest BCUT2D eigenvalue weighted by Crippen LogP contribution is 1.71. The summed E-state index contributed by atoms with van der Waals surface area (Å²) in [5.41, 5.74) is 0. The van der Waals surface area contributed by atoms with Crippen LogP contribution in [0.1, 0.15) is 0 Å². The van der Waals surface area contributed by atoms with Crippen LogP contribution < -0.4 is 5.32 Å². The topological polar surface area (TPSA) is 55.4 Å². The number of alkyl carbamates (subject to hydrolysis) is 1. The molecule has 0 spiro atoms. The van der Waals surface area contributed by atoms with Crippen LogP contribution in [-0.4, -0.2) is 19.1 Å². The summed E-state index contributed by atoms with van der Waals surface area (Å²) >= 11 is 0. The first-order valence-electron chi connectivity index (χ1n) is 2.11. The van der Waals surface area contributed by atoms with E-state index in [4.69, 9.17) is 6.42 Å². The summed E-state index contributed by atoms with van der Waals surface area (Å²) in [6, 6.07) is 0. The molecule has 4 nitrogen and oxygen atoms in total. The van der Waals surface area contributed by atoms with Gasteiger partial charge in [0.1, 0.15) is 0 Å². The number of rotatable bonds is 2. The first-order valence-corrected chi connectivity index (χ1v) is 2.11. The predicted molar refractivity (Wildman–Crippen MR) is 29.4 cm³/mol. The quantitative estimate of drug-likeness (QED) is 0.402. The van der Waals surface area contributed by atoms with E-state index in [1.54, 1.807) is 5.32 Å². The molecule has 0 unspecified atom stereocenters. The van der Waals surface area contributed by atoms with Crippen molar-refractivity contribution >= 4 is 12.5 Å². The molecule has 0 aromatic rings. The van der Waals surface area contributed by atoms with Gasteiger partial charge < -0.3 is 4.74 Å². The predicted octanol–water partition coefficient (Wildman–Crippen LogP) is -0.498. The highest BCUT2D eigenvalue weighted by Gasteiger charge is 1.94. The highest BCUT2D eigenvalue weighted by molar-refractivity contribution is 5.79. The number of imide groups is 1. The summed E-state index contributed by atoms with van der Waals surface area (Å²) in [7, 11) is 0. The molecule has 0 rings (SSSR count). The molecule has 9 heavy (non-hydrogen) atoms. The Kier molecular flexibility index (Phi) is 3.88. The first kappa shape index (κ1) is 7.50. The molecular formula is C5H5NO3. The van der Waals surface area contributed by atoms with Gasteiger partial charge in [0.2, 0.25) is 6.41 Å². The fourth-order valence-corrected chi connectivity index (χ4v) is 0.197. The third-order valence-corrected chi connectivity index (χ3v) is 0.463. The summed E-state index contributed by atoms with van der Waals surface area (Å²) in [6.45, 7) is -0.125. The lowest BCUT2D eigenvalue weighted by Crippen LogP contribution is -2.22. The molecule has 0 aliphatic rings. The lowest BCUT2D eigenvalue weighted by molar-refractivity contribution is -0.109. The number of carbonyl (C=O) groups excluding carboxylic acids is 2. The zero-order chi connectivity index (χ0) is 7.11. The Balaban J connectivity index is 3.29. The fraction of sp³-hybridized carbons (Fsp3) is 0.200. The zero-order valence-electron chi connectivity index (χ0n) is 4.59. The van der Waals surface area contributed by atoms with E-state index in [0.29, 0.717) is 0 Å². The van der Waals surface area contributed by atoms with E-state index in [-0.39, 0.29) is 13.0 Å². The number of nitrogens with one attached hydrogen (secondary N) is 1. The molecule has 0 radical (unpaired) electrons. The summed E-state index contributed by atoms with van der Waals surface area (Å²) in [5.74, 6) is 2.06. The number of amides is 2. The monoisotopic (exact) mass is 127 g/mol. The van der Waals surface area contributed by atoms with Crippen molar-refractivity contribution in [2.45, 2.75) is 0 Å². The molecule has 0 fully saturated rings. The van der Waals surface area contributed by atoms with Gasteiger partial charge in [0.05, 0.1) is 0 Å². The molecule has 0 heterocycles. The smallest absolute Gasteiger partial charge is 0.414 e. The van der Waals surface area contributed by atoms with Crippen LogP contribution in [0, 0.1) is 12.3 Å². The molecule has 0 saturated heterocycles. The molecule has 1 N–H and O–H groups in total. The zero-order valence-corrected chi connectivity index (χ0v) is 4.59. The summed E-state index contributed by atoms with van der Waals surface area (Å²) in [6.07, 6.45) is 4.12. The van der Waals surface area contributed by atoms with Crippen molar-refractivity contribution < 1.29 is 14.3 Å². The van der Waals surface area contributed by atoms with Crippen molar-refractivity contribution in [2.24, 2.45) is 0 Å². The summed E-state index contributed by atoms with van der Waals surface area (Å²) in [4.78, 5) is 19.7. The van der Waals surface area contributed by atoms with Crippen molar-refractivity contribution in [3.63, 3.8) is 0 Å². The second-order valence-electron chi connectivity index (χ2n) is 1.04. The molecule has 0 aromatic carbocycles. The summed E-state index contributed by atoms with van der Waals surface area (Å²) in [5, 5.41) is 1.74. The second kappa shape index (κ2) is 4.65. The van der Waals surface area contributed by atoms with Crippen molar-refractivity contribution in [2.75, 3.05) is 6.61 Å². The fourth-order valence-electron chi connectivity index (χ4n) is 0.197. The van der Waals surface area contributed by atoms with Gasteiger partial charge in [0.25, 0.3) is 0 Å². The average molecular weight is 127 g/mol. The van der Waals surface area contributed by atoms with Gasteiger partial charge in [-0.25, -0.2) is 4.79 Å². The number of hydrogen-bond donors (Lipinski definition) is 1. The molecule has 0 atom stereocenters. The molecule has 0 aliphatic carbocycles. The van der Waals surface area contributed by atoms with E-state index in [1.807, 2.05) is 0 Å². The maximum absolute atomic E-state index is 10.1. The molecular weight excluding hydrogens is 122 g/mol. The van der Waals surface area contributed by atoms with Crippen molar-refractivity contribution in [1.29, 1.82) is 0 Å². The first-order chi connectivity index (χ1) is 4.31. The van der Waals surface area contributed by atoms with Gasteiger partial charge in [0, 0.05) is 0 Å². The lowest BCUT2D eigenvalue weighted by atomic mass is 10.8. The lowest BCUT2D eigenvalue weighted by Gasteiger charge is -1.94. The third kappa shape index (κ3) is 4.35. The van der Waals surface area contributed by atoms with Crippen LogP contribution in [-0.2, 0) is 9.53 Å². The van der Waals surface area contributed by atoms with E-state index in [1.165, 1.54) is 0 Å². The van der Waals surface area contributed by atoms with Crippen molar-refractivity contribution in [3.8, 4) is 12.3 Å². The SMILES string of the molecule is C#CCOC(=O)NC=O. The van der Waals surface area contributed by atoms with E-state index in [9.17, 15) is 9.59 Å². The summed E-state index contributed by atoms with van der Waals surface area (Å²) < 4.78 is 4.21. The highest BCUT2D eigenvalue weighted by atomic mass is 16.5. The Morgan fingerprint density at radius 3 is 3.00 bits per heavy atom. The number of hydrogen-bond acceptors (Lipinski definition) is 3. The van der Waals surface area contributed by atoms with E-state index < -0.39 is 6.09 Å². The molecule has 0 aromatic heterocycles. The Morgan fingerprint density at radius 2 is 2.56 bits per heavy atom. The number of carbonyl (C=O) groups is 2. The minimum absolute atomic E-state index is 0.125. The van der Waals surface area contributed by atoms with Gasteiger partial charge in [-0.3, -0.25) is 10.1 Å². The van der Waals surface area contributed by atoms with Crippen LogP contribution in [0.5, 0.6) is 0 Å². The molecule has 0 saturated carbocycles. The minimum atomic E-state index is -0.831. The average Bonchev–Trinajstić information content (AvgIpc) is 1.85. The van der Waals surface area contributed by atoms with Crippen LogP contribution in [0.3, 0.4) is 0 Å². The Morgan fingerprint density at radius 1 is 1.89 bits per heavy atom. The number of terminal acetylenes is 1. The Hall–Kier alpha value is -1.50. The van der Waals surface area contributed by atoms with Crippen LogP contribution >= 0.6 is 0 Å². The maximum atomic E-state index is 10.1. The van der Waals surface area contributed by atoms with E-state index in [0.717, 1.165) is 0 Å². The van der Waals surface area contributed by atoms with Crippen LogP contribution in [0.2, 0.25) is 0 Å². The van der Waals surface area contributed by atoms with Crippen LogP contribution in [0.25, 0.3) is 0 Å². The Labute approximate surface area is 52.2 Å². The van der Waals surface area contributed by atoms with Gasteiger partial charge >= 0.3 is 6.09 Å². The van der Waals surface area contributed by atoms with Crippen LogP contribution in [0.15, 0.2) is 0 Å². The molecule has 0 bridgehead atoms. The minimum Gasteiger partial charge on any atom is -0.436 e. The standard InChI is InChI=1S/C5H5NO3/c1-2-3-9-5(8)6-4-7/h1,4H,3H2,(H,6,7,8).